The third kappa shape index (κ3) is 4.33. The average molecular weight is 420 g/mol. The number of hydrogen-bond acceptors (Lipinski definition) is 6. The van der Waals surface area contributed by atoms with Crippen LogP contribution in [0.4, 0.5) is 0 Å². The molecular weight excluding hydrogens is 390 g/mol. The lowest BCUT2D eigenvalue weighted by Crippen LogP contribution is -2.56. The zero-order valence-corrected chi connectivity index (χ0v) is 18.3. The van der Waals surface area contributed by atoms with Crippen molar-refractivity contribution in [1.82, 2.24) is 15.1 Å². The highest BCUT2D eigenvalue weighted by Gasteiger charge is 2.32. The van der Waals surface area contributed by atoms with E-state index in [1.807, 2.05) is 11.3 Å². The van der Waals surface area contributed by atoms with Crippen LogP contribution < -0.4 is 5.32 Å². The van der Waals surface area contributed by atoms with E-state index in [1.54, 1.807) is 11.3 Å². The Morgan fingerprint density at radius 1 is 1.21 bits per heavy atom. The van der Waals surface area contributed by atoms with Crippen LogP contribution in [0.3, 0.4) is 0 Å². The molecule has 152 valence electrons. The van der Waals surface area contributed by atoms with Crippen LogP contribution >= 0.6 is 22.7 Å². The van der Waals surface area contributed by atoms with Crippen LogP contribution in [0, 0.1) is 0 Å². The van der Waals surface area contributed by atoms with Crippen molar-refractivity contribution in [3.8, 4) is 0 Å². The first kappa shape index (κ1) is 20.0. The van der Waals surface area contributed by atoms with Gasteiger partial charge in [0.25, 0.3) is 0 Å². The molecule has 0 saturated carbocycles. The summed E-state index contributed by atoms with van der Waals surface area (Å²) in [7, 11) is 0. The van der Waals surface area contributed by atoms with Crippen molar-refractivity contribution in [2.24, 2.45) is 0 Å². The van der Waals surface area contributed by atoms with Gasteiger partial charge in [0, 0.05) is 41.5 Å². The summed E-state index contributed by atoms with van der Waals surface area (Å²) in [5, 5.41) is 7.50. The molecule has 1 fully saturated rings. The zero-order chi connectivity index (χ0) is 19.6. The molecule has 2 aliphatic heterocycles. The highest BCUT2D eigenvalue weighted by Crippen LogP contribution is 2.39. The monoisotopic (exact) mass is 419 g/mol. The Kier molecular flexibility index (Phi) is 6.18. The first-order valence-electron chi connectivity index (χ1n) is 9.98. The Labute approximate surface area is 175 Å². The van der Waals surface area contributed by atoms with Crippen molar-refractivity contribution in [3.05, 3.63) is 44.3 Å². The molecule has 2 aromatic heterocycles. The molecule has 4 rings (SSSR count). The first-order chi connectivity index (χ1) is 13.5. The fourth-order valence-electron chi connectivity index (χ4n) is 4.15. The van der Waals surface area contributed by atoms with E-state index in [1.165, 1.54) is 15.3 Å². The van der Waals surface area contributed by atoms with Crippen LogP contribution in [0.15, 0.2) is 29.0 Å². The topological polar surface area (TPSA) is 44.8 Å². The summed E-state index contributed by atoms with van der Waals surface area (Å²) in [5.41, 5.74) is 1.31. The Morgan fingerprint density at radius 2 is 2.04 bits per heavy atom. The molecule has 7 heteroatoms. The summed E-state index contributed by atoms with van der Waals surface area (Å²) in [5.74, 6) is 0.113. The van der Waals surface area contributed by atoms with Gasteiger partial charge in [-0.15, -0.1) is 22.7 Å². The second kappa shape index (κ2) is 8.63. The third-order valence-corrected chi connectivity index (χ3v) is 7.73. The predicted molar refractivity (Wildman–Crippen MR) is 115 cm³/mol. The molecule has 1 unspecified atom stereocenters. The number of amides is 1. The summed E-state index contributed by atoms with van der Waals surface area (Å²) in [4.78, 5) is 20.3. The van der Waals surface area contributed by atoms with E-state index in [0.29, 0.717) is 13.1 Å². The minimum Gasteiger partial charge on any atom is -0.379 e. The number of carbonyl (C=O) groups excluding carboxylic acids is 1. The minimum atomic E-state index is -0.0605. The molecule has 28 heavy (non-hydrogen) atoms. The highest BCUT2D eigenvalue weighted by molar-refractivity contribution is 7.10. The minimum absolute atomic E-state index is 0.0605. The van der Waals surface area contributed by atoms with Gasteiger partial charge in [-0.25, -0.2) is 0 Å². The fourth-order valence-corrected chi connectivity index (χ4v) is 5.93. The molecule has 1 amide bonds. The maximum absolute atomic E-state index is 12.8. The van der Waals surface area contributed by atoms with E-state index in [9.17, 15) is 4.79 Å². The molecule has 5 nitrogen and oxygen atoms in total. The Balaban J connectivity index is 1.39. The maximum Gasteiger partial charge on any atom is 0.234 e. The van der Waals surface area contributed by atoms with Crippen LogP contribution in [-0.4, -0.2) is 67.2 Å². The third-order valence-electron chi connectivity index (χ3n) is 5.81. The van der Waals surface area contributed by atoms with Gasteiger partial charge in [-0.3, -0.25) is 14.6 Å². The van der Waals surface area contributed by atoms with Crippen LogP contribution in [0.2, 0.25) is 0 Å². The summed E-state index contributed by atoms with van der Waals surface area (Å²) >= 11 is 3.61. The molecule has 1 atom stereocenters. The predicted octanol–water partition coefficient (Wildman–Crippen LogP) is 2.98. The van der Waals surface area contributed by atoms with Crippen LogP contribution in [0.25, 0.3) is 0 Å². The van der Waals surface area contributed by atoms with Crippen molar-refractivity contribution in [2.75, 3.05) is 45.9 Å². The Morgan fingerprint density at radius 3 is 2.79 bits per heavy atom. The van der Waals surface area contributed by atoms with Crippen LogP contribution in [0.1, 0.15) is 35.2 Å². The number of ether oxygens (including phenoxy) is 1. The van der Waals surface area contributed by atoms with E-state index in [-0.39, 0.29) is 17.5 Å². The number of hydrogen-bond donors (Lipinski definition) is 1. The van der Waals surface area contributed by atoms with E-state index in [0.717, 1.165) is 39.3 Å². The number of nitrogens with zero attached hydrogens (tertiary/aromatic N) is 2. The highest BCUT2D eigenvalue weighted by atomic mass is 32.1. The zero-order valence-electron chi connectivity index (χ0n) is 16.6. The smallest absolute Gasteiger partial charge is 0.234 e. The molecule has 2 aliphatic rings. The van der Waals surface area contributed by atoms with Gasteiger partial charge in [0.05, 0.1) is 25.8 Å². The van der Waals surface area contributed by atoms with Gasteiger partial charge >= 0.3 is 0 Å². The summed E-state index contributed by atoms with van der Waals surface area (Å²) in [6, 6.07) is 6.72. The molecule has 0 aliphatic carbocycles. The molecule has 1 N–H and O–H groups in total. The van der Waals surface area contributed by atoms with E-state index in [4.69, 9.17) is 4.74 Å². The quantitative estimate of drug-likeness (QED) is 0.782. The lowest BCUT2D eigenvalue weighted by molar-refractivity contribution is -0.123. The molecule has 0 bridgehead atoms. The average Bonchev–Trinajstić information content (AvgIpc) is 3.39. The summed E-state index contributed by atoms with van der Waals surface area (Å²) in [6.45, 7) is 9.83. The van der Waals surface area contributed by atoms with Crippen molar-refractivity contribution in [3.63, 3.8) is 0 Å². The number of rotatable bonds is 6. The first-order valence-corrected chi connectivity index (χ1v) is 11.7. The second-order valence-corrected chi connectivity index (χ2v) is 10.1. The SMILES string of the molecule is CC(C)(CNC(=O)CN1CCc2sccc2C1c1cccs1)N1CCOCC1. The number of thiophene rings is 2. The van der Waals surface area contributed by atoms with Gasteiger partial charge in [0.15, 0.2) is 0 Å². The van der Waals surface area contributed by atoms with E-state index in [2.05, 4.69) is 57.9 Å². The van der Waals surface area contributed by atoms with Crippen molar-refractivity contribution in [2.45, 2.75) is 31.8 Å². The second-order valence-electron chi connectivity index (χ2n) is 8.13. The number of nitrogens with one attached hydrogen (secondary N) is 1. The van der Waals surface area contributed by atoms with Crippen molar-refractivity contribution in [1.29, 1.82) is 0 Å². The lowest BCUT2D eigenvalue weighted by Gasteiger charge is -2.41. The van der Waals surface area contributed by atoms with E-state index < -0.39 is 0 Å². The standard InChI is InChI=1S/C21H29N3O2S2/c1-21(2,24-8-10-26-11-9-24)15-22-19(25)14-23-7-5-17-16(6-13-28-17)20(23)18-4-3-12-27-18/h3-4,6,12-13,20H,5,7-11,14-15H2,1-2H3,(H,22,25). The van der Waals surface area contributed by atoms with Gasteiger partial charge in [0.1, 0.15) is 0 Å². The van der Waals surface area contributed by atoms with Crippen molar-refractivity contribution < 1.29 is 9.53 Å². The van der Waals surface area contributed by atoms with Crippen molar-refractivity contribution >= 4 is 28.6 Å². The molecule has 0 radical (unpaired) electrons. The van der Waals surface area contributed by atoms with Gasteiger partial charge in [0.2, 0.25) is 5.91 Å². The molecule has 0 aromatic carbocycles. The molecule has 4 heterocycles. The normalized spacial score (nSPS) is 21.4. The molecule has 2 aromatic rings. The van der Waals surface area contributed by atoms with E-state index >= 15 is 0 Å². The number of fused-ring (bicyclic) bond motifs is 1. The maximum atomic E-state index is 12.8. The molecule has 1 saturated heterocycles. The lowest BCUT2D eigenvalue weighted by atomic mass is 9.98. The molecule has 0 spiro atoms. The summed E-state index contributed by atoms with van der Waals surface area (Å²) in [6.07, 6.45) is 1.03. The van der Waals surface area contributed by atoms with Gasteiger partial charge in [-0.2, -0.15) is 0 Å². The summed E-state index contributed by atoms with van der Waals surface area (Å²) < 4.78 is 5.46. The fraction of sp³-hybridized carbons (Fsp3) is 0.571. The Bertz CT molecular complexity index is 781. The van der Waals surface area contributed by atoms with Gasteiger partial charge in [-0.1, -0.05) is 6.07 Å². The largest absolute Gasteiger partial charge is 0.379 e. The van der Waals surface area contributed by atoms with Crippen LogP contribution in [-0.2, 0) is 16.0 Å². The van der Waals surface area contributed by atoms with Crippen LogP contribution in [0.5, 0.6) is 0 Å². The Hall–Kier alpha value is -1.25. The van der Waals surface area contributed by atoms with Gasteiger partial charge < -0.3 is 10.1 Å². The number of carbonyl (C=O) groups is 1. The molecular formula is C21H29N3O2S2. The van der Waals surface area contributed by atoms with Gasteiger partial charge in [-0.05, 0) is 48.7 Å². The number of morpholine rings is 1.